The van der Waals surface area contributed by atoms with E-state index < -0.39 is 6.10 Å². The first-order chi connectivity index (χ1) is 15.5. The number of hydrogen-bond acceptors (Lipinski definition) is 6. The molecule has 1 atom stereocenters. The van der Waals surface area contributed by atoms with Crippen LogP contribution in [0.1, 0.15) is 29.4 Å². The SMILES string of the molecule is Cc1cc(CN(Cc2ccc3c(c2)OCO3)C[C@@H](C)O)c(C)n1-c1ccc2c(c1)OCO2. The molecule has 0 amide bonds. The average molecular weight is 437 g/mol. The normalized spacial score (nSPS) is 14.9. The van der Waals surface area contributed by atoms with E-state index in [2.05, 4.69) is 41.5 Å². The number of hydrogen-bond donors (Lipinski definition) is 1. The molecule has 2 aliphatic rings. The first kappa shape index (κ1) is 20.7. The van der Waals surface area contributed by atoms with Crippen LogP contribution in [0.4, 0.5) is 0 Å². The summed E-state index contributed by atoms with van der Waals surface area (Å²) >= 11 is 0. The number of nitrogens with zero attached hydrogens (tertiary/aromatic N) is 2. The Morgan fingerprint density at radius 2 is 1.53 bits per heavy atom. The zero-order valence-corrected chi connectivity index (χ0v) is 18.6. The summed E-state index contributed by atoms with van der Waals surface area (Å²) in [5.74, 6) is 3.11. The number of aliphatic hydroxyl groups is 1. The van der Waals surface area contributed by atoms with E-state index in [0.717, 1.165) is 46.5 Å². The van der Waals surface area contributed by atoms with Crippen molar-refractivity contribution in [2.75, 3.05) is 20.1 Å². The maximum Gasteiger partial charge on any atom is 0.231 e. The molecule has 3 aromatic rings. The highest BCUT2D eigenvalue weighted by atomic mass is 16.7. The van der Waals surface area contributed by atoms with Crippen LogP contribution >= 0.6 is 0 Å². The molecule has 0 aliphatic carbocycles. The molecule has 5 rings (SSSR count). The lowest BCUT2D eigenvalue weighted by Crippen LogP contribution is -2.30. The Morgan fingerprint density at radius 1 is 0.875 bits per heavy atom. The van der Waals surface area contributed by atoms with E-state index in [1.165, 1.54) is 11.3 Å². The quantitative estimate of drug-likeness (QED) is 0.605. The lowest BCUT2D eigenvalue weighted by atomic mass is 10.1. The van der Waals surface area contributed by atoms with Gasteiger partial charge in [-0.1, -0.05) is 6.07 Å². The number of aromatic nitrogens is 1. The van der Waals surface area contributed by atoms with Gasteiger partial charge in [0.25, 0.3) is 0 Å². The summed E-state index contributed by atoms with van der Waals surface area (Å²) in [6, 6.07) is 14.3. The zero-order chi connectivity index (χ0) is 22.2. The Bertz CT molecular complexity index is 1140. The third-order valence-corrected chi connectivity index (χ3v) is 5.91. The Hall–Kier alpha value is -3.16. The maximum absolute atomic E-state index is 10.1. The van der Waals surface area contributed by atoms with E-state index in [4.69, 9.17) is 18.9 Å². The molecule has 1 N–H and O–H groups in total. The van der Waals surface area contributed by atoms with Crippen molar-refractivity contribution in [1.29, 1.82) is 0 Å². The molecule has 2 aliphatic heterocycles. The van der Waals surface area contributed by atoms with Crippen molar-refractivity contribution in [3.05, 3.63) is 65.0 Å². The van der Waals surface area contributed by atoms with Crippen LogP contribution in [0.5, 0.6) is 23.0 Å². The Balaban J connectivity index is 1.40. The standard InChI is InChI=1S/C25H28N2O5/c1-16-8-20(18(3)27(16)21-5-7-23-25(10-21)32-15-30-23)13-26(11-17(2)28)12-19-4-6-22-24(9-19)31-14-29-22/h4-10,17,28H,11-15H2,1-3H3/t17-/m1/s1. The van der Waals surface area contributed by atoms with Crippen LogP contribution in [0.25, 0.3) is 5.69 Å². The molecule has 0 saturated carbocycles. The predicted octanol–water partition coefficient (Wildman–Crippen LogP) is 3.93. The van der Waals surface area contributed by atoms with E-state index >= 15 is 0 Å². The van der Waals surface area contributed by atoms with Gasteiger partial charge in [-0.05, 0) is 62.2 Å². The molecule has 3 heterocycles. The number of rotatable bonds is 7. The summed E-state index contributed by atoms with van der Waals surface area (Å²) in [5, 5.41) is 10.1. The highest BCUT2D eigenvalue weighted by molar-refractivity contribution is 5.52. The van der Waals surface area contributed by atoms with Gasteiger partial charge in [-0.3, -0.25) is 4.90 Å². The fourth-order valence-corrected chi connectivity index (χ4v) is 4.51. The molecule has 0 bridgehead atoms. The van der Waals surface area contributed by atoms with Crippen molar-refractivity contribution in [3.63, 3.8) is 0 Å². The average Bonchev–Trinajstić information content (AvgIpc) is 3.46. The molecule has 7 heteroatoms. The summed E-state index contributed by atoms with van der Waals surface area (Å²) in [7, 11) is 0. The smallest absolute Gasteiger partial charge is 0.231 e. The van der Waals surface area contributed by atoms with Gasteiger partial charge in [-0.2, -0.15) is 0 Å². The lowest BCUT2D eigenvalue weighted by Gasteiger charge is -2.24. The first-order valence-corrected chi connectivity index (χ1v) is 10.8. The molecule has 2 aromatic carbocycles. The fourth-order valence-electron chi connectivity index (χ4n) is 4.51. The molecule has 0 spiro atoms. The minimum absolute atomic E-state index is 0.266. The minimum atomic E-state index is -0.429. The van der Waals surface area contributed by atoms with E-state index in [-0.39, 0.29) is 13.6 Å². The second-order valence-electron chi connectivity index (χ2n) is 8.48. The fraction of sp³-hybridized carbons (Fsp3) is 0.360. The van der Waals surface area contributed by atoms with Gasteiger partial charge in [0.15, 0.2) is 23.0 Å². The van der Waals surface area contributed by atoms with Crippen LogP contribution in [0.15, 0.2) is 42.5 Å². The minimum Gasteiger partial charge on any atom is -0.454 e. The second kappa shape index (κ2) is 8.41. The number of ether oxygens (including phenoxy) is 4. The summed E-state index contributed by atoms with van der Waals surface area (Å²) in [5.41, 5.74) is 5.72. The molecular formula is C25H28N2O5. The largest absolute Gasteiger partial charge is 0.454 e. The van der Waals surface area contributed by atoms with Crippen LogP contribution in [0, 0.1) is 13.8 Å². The molecule has 32 heavy (non-hydrogen) atoms. The number of aryl methyl sites for hydroxylation is 1. The van der Waals surface area contributed by atoms with E-state index in [1.54, 1.807) is 0 Å². The van der Waals surface area contributed by atoms with Gasteiger partial charge >= 0.3 is 0 Å². The van der Waals surface area contributed by atoms with E-state index in [9.17, 15) is 5.11 Å². The number of benzene rings is 2. The van der Waals surface area contributed by atoms with Gasteiger partial charge in [0, 0.05) is 42.8 Å². The van der Waals surface area contributed by atoms with Gasteiger partial charge < -0.3 is 28.6 Å². The van der Waals surface area contributed by atoms with E-state index in [1.807, 2.05) is 31.2 Å². The molecule has 0 fully saturated rings. The zero-order valence-electron chi connectivity index (χ0n) is 18.6. The van der Waals surface area contributed by atoms with Gasteiger partial charge in [-0.15, -0.1) is 0 Å². The Labute approximate surface area is 187 Å². The number of fused-ring (bicyclic) bond motifs is 2. The van der Waals surface area contributed by atoms with Crippen molar-refractivity contribution >= 4 is 0 Å². The topological polar surface area (TPSA) is 65.3 Å². The van der Waals surface area contributed by atoms with Crippen molar-refractivity contribution in [2.24, 2.45) is 0 Å². The van der Waals surface area contributed by atoms with Crippen LogP contribution in [-0.4, -0.2) is 40.8 Å². The Kier molecular flexibility index (Phi) is 5.45. The van der Waals surface area contributed by atoms with Crippen molar-refractivity contribution < 1.29 is 24.1 Å². The Morgan fingerprint density at radius 3 is 2.25 bits per heavy atom. The maximum atomic E-state index is 10.1. The molecule has 7 nitrogen and oxygen atoms in total. The summed E-state index contributed by atoms with van der Waals surface area (Å²) in [4.78, 5) is 2.26. The number of aliphatic hydroxyl groups excluding tert-OH is 1. The van der Waals surface area contributed by atoms with Crippen LogP contribution in [0.3, 0.4) is 0 Å². The summed E-state index contributed by atoms with van der Waals surface area (Å²) < 4.78 is 24.2. The van der Waals surface area contributed by atoms with Crippen LogP contribution in [-0.2, 0) is 13.1 Å². The van der Waals surface area contributed by atoms with Crippen LogP contribution < -0.4 is 18.9 Å². The predicted molar refractivity (Wildman–Crippen MR) is 120 cm³/mol. The van der Waals surface area contributed by atoms with Crippen molar-refractivity contribution in [3.8, 4) is 28.7 Å². The van der Waals surface area contributed by atoms with Crippen LogP contribution in [0.2, 0.25) is 0 Å². The van der Waals surface area contributed by atoms with Gasteiger partial charge in [-0.25, -0.2) is 0 Å². The van der Waals surface area contributed by atoms with Gasteiger partial charge in [0.2, 0.25) is 13.6 Å². The molecule has 0 saturated heterocycles. The summed E-state index contributed by atoms with van der Waals surface area (Å²) in [6.07, 6.45) is -0.429. The second-order valence-corrected chi connectivity index (χ2v) is 8.48. The first-order valence-electron chi connectivity index (χ1n) is 10.8. The van der Waals surface area contributed by atoms with E-state index in [0.29, 0.717) is 13.1 Å². The van der Waals surface area contributed by atoms with Crippen molar-refractivity contribution in [2.45, 2.75) is 40.0 Å². The monoisotopic (exact) mass is 436 g/mol. The van der Waals surface area contributed by atoms with Gasteiger partial charge in [0.1, 0.15) is 0 Å². The highest BCUT2D eigenvalue weighted by Crippen LogP contribution is 2.35. The van der Waals surface area contributed by atoms with Gasteiger partial charge in [0.05, 0.1) is 6.10 Å². The summed E-state index contributed by atoms with van der Waals surface area (Å²) in [6.45, 7) is 8.60. The lowest BCUT2D eigenvalue weighted by molar-refractivity contribution is 0.118. The third-order valence-electron chi connectivity index (χ3n) is 5.91. The molecule has 0 radical (unpaired) electrons. The third kappa shape index (κ3) is 4.01. The highest BCUT2D eigenvalue weighted by Gasteiger charge is 2.20. The molecule has 0 unspecified atom stereocenters. The molecule has 168 valence electrons. The molecular weight excluding hydrogens is 408 g/mol. The van der Waals surface area contributed by atoms with Crippen molar-refractivity contribution in [1.82, 2.24) is 9.47 Å². The molecule has 1 aromatic heterocycles.